The van der Waals surface area contributed by atoms with Crippen molar-refractivity contribution in [3.8, 4) is 5.75 Å². The van der Waals surface area contributed by atoms with Crippen molar-refractivity contribution in [3.63, 3.8) is 0 Å². The van der Waals surface area contributed by atoms with E-state index in [-0.39, 0.29) is 12.0 Å². The van der Waals surface area contributed by atoms with Gasteiger partial charge in [-0.1, -0.05) is 12.1 Å². The zero-order valence-corrected chi connectivity index (χ0v) is 18.2. The van der Waals surface area contributed by atoms with Gasteiger partial charge in [0.15, 0.2) is 0 Å². The Bertz CT molecular complexity index is 749. The van der Waals surface area contributed by atoms with Crippen LogP contribution in [0.4, 0.5) is 4.79 Å². The summed E-state index contributed by atoms with van der Waals surface area (Å²) < 4.78 is 17.5. The van der Waals surface area contributed by atoms with Crippen LogP contribution in [0.15, 0.2) is 24.3 Å². The van der Waals surface area contributed by atoms with E-state index in [1.54, 1.807) is 17.0 Å². The van der Waals surface area contributed by atoms with Gasteiger partial charge in [-0.15, -0.1) is 0 Å². The molecule has 1 unspecified atom stereocenters. The van der Waals surface area contributed by atoms with Crippen LogP contribution in [0.5, 0.6) is 5.75 Å². The fourth-order valence-electron chi connectivity index (χ4n) is 3.68. The molecule has 2 heterocycles. The Morgan fingerprint density at radius 1 is 1.20 bits per heavy atom. The Balaban J connectivity index is 1.76. The second-order valence-corrected chi connectivity index (χ2v) is 8.81. The monoisotopic (exact) mass is 419 g/mol. The lowest BCUT2D eigenvalue weighted by atomic mass is 9.94. The molecule has 1 spiro atoms. The molecule has 1 fully saturated rings. The molecule has 1 atom stereocenters. The number of carbonyl (C=O) groups is 2. The topological polar surface area (TPSA) is 89.1 Å². The standard InChI is InChI=1S/C22H33N3O5/c1-21(2,3)30-20(27)25-12-14-29-22(16-25)9-6-10-23-11-13-28-18-8-5-4-7-17(18)19(26)24-15-22/h4-5,7-8,23H,6,9-16H2,1-3H3,(H,24,26). The molecule has 8 nitrogen and oxygen atoms in total. The summed E-state index contributed by atoms with van der Waals surface area (Å²) in [5, 5.41) is 6.36. The smallest absolute Gasteiger partial charge is 0.410 e. The molecule has 8 heteroatoms. The third kappa shape index (κ3) is 6.09. The van der Waals surface area contributed by atoms with Gasteiger partial charge >= 0.3 is 6.09 Å². The van der Waals surface area contributed by atoms with Crippen molar-refractivity contribution in [2.75, 3.05) is 45.9 Å². The van der Waals surface area contributed by atoms with E-state index < -0.39 is 11.2 Å². The molecule has 1 aromatic rings. The summed E-state index contributed by atoms with van der Waals surface area (Å²) in [5.74, 6) is 0.347. The highest BCUT2D eigenvalue weighted by molar-refractivity contribution is 5.96. The fourth-order valence-corrected chi connectivity index (χ4v) is 3.68. The van der Waals surface area contributed by atoms with E-state index in [0.717, 1.165) is 13.0 Å². The van der Waals surface area contributed by atoms with Gasteiger partial charge in [0.05, 0.1) is 18.7 Å². The quantitative estimate of drug-likeness (QED) is 0.670. The Kier molecular flexibility index (Phi) is 7.20. The molecule has 0 aliphatic carbocycles. The number of amides is 2. The predicted octanol–water partition coefficient (Wildman–Crippen LogP) is 2.18. The maximum absolute atomic E-state index is 12.9. The van der Waals surface area contributed by atoms with E-state index in [2.05, 4.69) is 10.6 Å². The number of hydrogen-bond donors (Lipinski definition) is 2. The maximum Gasteiger partial charge on any atom is 0.410 e. The molecule has 0 radical (unpaired) electrons. The highest BCUT2D eigenvalue weighted by atomic mass is 16.6. The largest absolute Gasteiger partial charge is 0.491 e. The lowest BCUT2D eigenvalue weighted by Gasteiger charge is -2.43. The lowest BCUT2D eigenvalue weighted by Crippen LogP contribution is -2.59. The van der Waals surface area contributed by atoms with Crippen LogP contribution in [0.2, 0.25) is 0 Å². The van der Waals surface area contributed by atoms with Gasteiger partial charge < -0.3 is 29.7 Å². The summed E-state index contributed by atoms with van der Waals surface area (Å²) in [6, 6.07) is 7.21. The Morgan fingerprint density at radius 3 is 2.80 bits per heavy atom. The molecule has 30 heavy (non-hydrogen) atoms. The molecule has 2 amide bonds. The SMILES string of the molecule is CC(C)(C)OC(=O)N1CCOC2(CCCNCCOc3ccccc3C(=O)NC2)C1. The second kappa shape index (κ2) is 9.66. The highest BCUT2D eigenvalue weighted by Crippen LogP contribution is 2.26. The molecule has 166 valence electrons. The van der Waals surface area contributed by atoms with Crippen molar-refractivity contribution in [2.24, 2.45) is 0 Å². The summed E-state index contributed by atoms with van der Waals surface area (Å²) >= 11 is 0. The van der Waals surface area contributed by atoms with Crippen LogP contribution in [0.25, 0.3) is 0 Å². The first-order valence-electron chi connectivity index (χ1n) is 10.6. The molecule has 2 aliphatic heterocycles. The number of benzene rings is 1. The van der Waals surface area contributed by atoms with Gasteiger partial charge in [0, 0.05) is 19.6 Å². The minimum Gasteiger partial charge on any atom is -0.491 e. The molecule has 3 rings (SSSR count). The van der Waals surface area contributed by atoms with Gasteiger partial charge in [-0.2, -0.15) is 0 Å². The number of morpholine rings is 1. The molecule has 2 aliphatic rings. The van der Waals surface area contributed by atoms with Crippen LogP contribution >= 0.6 is 0 Å². The van der Waals surface area contributed by atoms with Crippen LogP contribution in [-0.4, -0.2) is 74.0 Å². The number of carbonyl (C=O) groups excluding carboxylic acids is 2. The van der Waals surface area contributed by atoms with Gasteiger partial charge in [0.2, 0.25) is 0 Å². The van der Waals surface area contributed by atoms with Crippen LogP contribution in [0.1, 0.15) is 44.0 Å². The van der Waals surface area contributed by atoms with Crippen LogP contribution in [0.3, 0.4) is 0 Å². The molecular formula is C22H33N3O5. The summed E-state index contributed by atoms with van der Waals surface area (Å²) in [6.45, 7) is 9.09. The average Bonchev–Trinajstić information content (AvgIpc) is 2.71. The number of rotatable bonds is 0. The molecule has 2 N–H and O–H groups in total. The third-order valence-corrected chi connectivity index (χ3v) is 5.13. The second-order valence-electron chi connectivity index (χ2n) is 8.81. The minimum atomic E-state index is -0.656. The number of para-hydroxylation sites is 1. The Labute approximate surface area is 178 Å². The zero-order valence-electron chi connectivity index (χ0n) is 18.2. The highest BCUT2D eigenvalue weighted by Gasteiger charge is 2.39. The number of hydrogen-bond acceptors (Lipinski definition) is 6. The zero-order chi connectivity index (χ0) is 21.6. The molecule has 0 bridgehead atoms. The predicted molar refractivity (Wildman–Crippen MR) is 113 cm³/mol. The molecule has 0 aromatic heterocycles. The van der Waals surface area contributed by atoms with Gasteiger partial charge in [-0.05, 0) is 52.3 Å². The van der Waals surface area contributed by atoms with E-state index in [0.29, 0.717) is 57.1 Å². The summed E-state index contributed by atoms with van der Waals surface area (Å²) in [4.78, 5) is 27.2. The van der Waals surface area contributed by atoms with E-state index in [1.165, 1.54) is 0 Å². The molecule has 1 aromatic carbocycles. The van der Waals surface area contributed by atoms with Gasteiger partial charge in [-0.25, -0.2) is 4.79 Å². The first-order chi connectivity index (χ1) is 14.3. The van der Waals surface area contributed by atoms with Crippen LogP contribution in [-0.2, 0) is 9.47 Å². The average molecular weight is 420 g/mol. The van der Waals surface area contributed by atoms with Gasteiger partial charge in [-0.3, -0.25) is 4.79 Å². The van der Waals surface area contributed by atoms with E-state index in [9.17, 15) is 9.59 Å². The van der Waals surface area contributed by atoms with Gasteiger partial charge in [0.25, 0.3) is 5.91 Å². The van der Waals surface area contributed by atoms with E-state index in [4.69, 9.17) is 14.2 Å². The van der Waals surface area contributed by atoms with Crippen molar-refractivity contribution < 1.29 is 23.8 Å². The number of fused-ring (bicyclic) bond motifs is 1. The molecule has 0 saturated carbocycles. The van der Waals surface area contributed by atoms with Crippen molar-refractivity contribution in [3.05, 3.63) is 29.8 Å². The van der Waals surface area contributed by atoms with Crippen LogP contribution in [0, 0.1) is 0 Å². The summed E-state index contributed by atoms with van der Waals surface area (Å²) in [7, 11) is 0. The van der Waals surface area contributed by atoms with E-state index in [1.807, 2.05) is 32.9 Å². The van der Waals surface area contributed by atoms with Crippen molar-refractivity contribution >= 4 is 12.0 Å². The summed E-state index contributed by atoms with van der Waals surface area (Å²) in [6.07, 6.45) is 1.21. The van der Waals surface area contributed by atoms with E-state index >= 15 is 0 Å². The Morgan fingerprint density at radius 2 is 2.00 bits per heavy atom. The van der Waals surface area contributed by atoms with Crippen LogP contribution < -0.4 is 15.4 Å². The normalized spacial score (nSPS) is 23.8. The number of nitrogens with zero attached hydrogens (tertiary/aromatic N) is 1. The van der Waals surface area contributed by atoms with Crippen molar-refractivity contribution in [2.45, 2.75) is 44.8 Å². The number of ether oxygens (including phenoxy) is 3. The van der Waals surface area contributed by atoms with Gasteiger partial charge in [0.1, 0.15) is 23.6 Å². The maximum atomic E-state index is 12.9. The fraction of sp³-hybridized carbons (Fsp3) is 0.636. The summed E-state index contributed by atoms with van der Waals surface area (Å²) in [5.41, 5.74) is -0.724. The minimum absolute atomic E-state index is 0.213. The van der Waals surface area contributed by atoms with Crippen molar-refractivity contribution in [1.29, 1.82) is 0 Å². The molecule has 1 saturated heterocycles. The molecular weight excluding hydrogens is 386 g/mol. The van der Waals surface area contributed by atoms with Crippen molar-refractivity contribution in [1.82, 2.24) is 15.5 Å². The third-order valence-electron chi connectivity index (χ3n) is 5.13. The number of nitrogens with one attached hydrogen (secondary N) is 2. The first kappa shape index (κ1) is 22.4. The Hall–Kier alpha value is -2.32. The lowest BCUT2D eigenvalue weighted by molar-refractivity contribution is -0.110. The first-order valence-corrected chi connectivity index (χ1v) is 10.6.